The van der Waals surface area contributed by atoms with Gasteiger partial charge in [0.1, 0.15) is 30.7 Å². The van der Waals surface area contributed by atoms with E-state index in [1.807, 2.05) is 42.5 Å². The molecule has 2 heterocycles. The zero-order valence-electron chi connectivity index (χ0n) is 22.2. The summed E-state index contributed by atoms with van der Waals surface area (Å²) in [4.78, 5) is 15.9. The smallest absolute Gasteiger partial charge is 0.320 e. The van der Waals surface area contributed by atoms with Crippen LogP contribution in [0.1, 0.15) is 45.4 Å². The molecule has 0 radical (unpaired) electrons. The minimum atomic E-state index is -1.71. The first-order chi connectivity index (χ1) is 18.2. The fourth-order valence-corrected chi connectivity index (χ4v) is 4.66. The summed E-state index contributed by atoms with van der Waals surface area (Å²) in [5.74, 6) is 0.596. The summed E-state index contributed by atoms with van der Waals surface area (Å²) in [5.41, 5.74) is 8.77. The first-order valence-corrected chi connectivity index (χ1v) is 13.5. The maximum atomic E-state index is 11.9. The Kier molecular flexibility index (Phi) is 10.8. The van der Waals surface area contributed by atoms with Gasteiger partial charge in [0.25, 0.3) is 0 Å². The predicted molar refractivity (Wildman–Crippen MR) is 144 cm³/mol. The summed E-state index contributed by atoms with van der Waals surface area (Å²) in [6.45, 7) is 8.44. The van der Waals surface area contributed by atoms with E-state index >= 15 is 0 Å². The molecular formula is C26H35N6O5P. The number of hydrogen-bond acceptors (Lipinski definition) is 10. The number of nitrogens with two attached hydrogens (primary N) is 1. The van der Waals surface area contributed by atoms with Crippen LogP contribution in [0, 0.1) is 11.3 Å². The molecule has 3 N–H and O–H groups in total. The SMILES string of the molecule is CCOC(=O)CNP(OCC(CCc1ccc2c(N)ncnn12)OCC#N)Oc1ccc(C(C)(C)C)cc1. The van der Waals surface area contributed by atoms with Crippen LogP contribution in [0.3, 0.4) is 0 Å². The first-order valence-electron chi connectivity index (χ1n) is 12.4. The minimum absolute atomic E-state index is 0.0102. The van der Waals surface area contributed by atoms with Crippen molar-refractivity contribution < 1.29 is 23.3 Å². The Hall–Kier alpha value is -3.29. The van der Waals surface area contributed by atoms with Crippen molar-refractivity contribution in [2.24, 2.45) is 0 Å². The molecular weight excluding hydrogens is 507 g/mol. The van der Waals surface area contributed by atoms with Crippen LogP contribution in [0.2, 0.25) is 0 Å². The van der Waals surface area contributed by atoms with Gasteiger partial charge in [0.05, 0.1) is 25.4 Å². The van der Waals surface area contributed by atoms with Crippen LogP contribution in [-0.4, -0.2) is 53.0 Å². The highest BCUT2D eigenvalue weighted by Gasteiger charge is 2.21. The molecule has 0 fully saturated rings. The molecule has 0 aliphatic carbocycles. The number of nitriles is 1. The molecule has 38 heavy (non-hydrogen) atoms. The van der Waals surface area contributed by atoms with Gasteiger partial charge in [-0.05, 0) is 55.0 Å². The number of anilines is 1. The van der Waals surface area contributed by atoms with E-state index in [9.17, 15) is 4.79 Å². The Morgan fingerprint density at radius 3 is 2.68 bits per heavy atom. The van der Waals surface area contributed by atoms with Crippen molar-refractivity contribution in [3.8, 4) is 11.8 Å². The maximum absolute atomic E-state index is 11.9. The van der Waals surface area contributed by atoms with Gasteiger partial charge >= 0.3 is 14.5 Å². The summed E-state index contributed by atoms with van der Waals surface area (Å²) in [7, 11) is -1.71. The minimum Gasteiger partial charge on any atom is -0.465 e. The molecule has 0 aliphatic heterocycles. The molecule has 0 aliphatic rings. The average Bonchev–Trinajstić information content (AvgIpc) is 3.31. The first kappa shape index (κ1) is 29.3. The second-order valence-corrected chi connectivity index (χ2v) is 10.7. The van der Waals surface area contributed by atoms with Crippen molar-refractivity contribution in [1.82, 2.24) is 19.7 Å². The number of rotatable bonds is 14. The molecule has 204 valence electrons. The third-order valence-electron chi connectivity index (χ3n) is 5.61. The Balaban J connectivity index is 1.66. The van der Waals surface area contributed by atoms with Crippen molar-refractivity contribution >= 4 is 25.8 Å². The second kappa shape index (κ2) is 14.0. The van der Waals surface area contributed by atoms with Crippen molar-refractivity contribution in [1.29, 1.82) is 5.26 Å². The zero-order chi connectivity index (χ0) is 27.5. The number of aromatic nitrogens is 3. The Labute approximate surface area is 224 Å². The van der Waals surface area contributed by atoms with Gasteiger partial charge in [-0.2, -0.15) is 10.4 Å². The predicted octanol–water partition coefficient (Wildman–Crippen LogP) is 3.93. The molecule has 12 heteroatoms. The van der Waals surface area contributed by atoms with E-state index in [1.54, 1.807) is 11.4 Å². The van der Waals surface area contributed by atoms with Crippen LogP contribution in [0.15, 0.2) is 42.7 Å². The molecule has 1 aromatic carbocycles. The fourth-order valence-electron chi connectivity index (χ4n) is 3.58. The normalized spacial score (nSPS) is 13.1. The van der Waals surface area contributed by atoms with Crippen molar-refractivity contribution in [3.05, 3.63) is 54.0 Å². The number of esters is 1. The quantitative estimate of drug-likeness (QED) is 0.227. The number of carbonyl (C=O) groups excluding carboxylic acids is 1. The molecule has 0 bridgehead atoms. The highest BCUT2D eigenvalue weighted by Crippen LogP contribution is 2.36. The Bertz CT molecular complexity index is 1220. The van der Waals surface area contributed by atoms with Gasteiger partial charge in [0, 0.05) is 5.69 Å². The van der Waals surface area contributed by atoms with E-state index in [4.69, 9.17) is 29.5 Å². The maximum Gasteiger partial charge on any atom is 0.320 e. The van der Waals surface area contributed by atoms with Crippen molar-refractivity contribution in [3.63, 3.8) is 0 Å². The number of ether oxygens (including phenoxy) is 2. The third kappa shape index (κ3) is 8.64. The number of aryl methyl sites for hydroxylation is 1. The van der Waals surface area contributed by atoms with Gasteiger partial charge in [-0.3, -0.25) is 4.79 Å². The van der Waals surface area contributed by atoms with Gasteiger partial charge in [-0.15, -0.1) is 0 Å². The number of nitrogens with one attached hydrogen (secondary N) is 1. The lowest BCUT2D eigenvalue weighted by Gasteiger charge is -2.23. The van der Waals surface area contributed by atoms with Crippen LogP contribution in [0.5, 0.6) is 5.75 Å². The van der Waals surface area contributed by atoms with Crippen molar-refractivity contribution in [2.45, 2.75) is 52.1 Å². The molecule has 0 saturated heterocycles. The number of benzene rings is 1. The monoisotopic (exact) mass is 542 g/mol. The lowest BCUT2D eigenvalue weighted by Crippen LogP contribution is -2.26. The van der Waals surface area contributed by atoms with E-state index in [-0.39, 0.29) is 31.8 Å². The molecule has 3 rings (SSSR count). The van der Waals surface area contributed by atoms with Crippen LogP contribution in [0.4, 0.5) is 5.82 Å². The number of fused-ring (bicyclic) bond motifs is 1. The number of carbonyl (C=O) groups is 1. The van der Waals surface area contributed by atoms with Crippen LogP contribution < -0.4 is 15.3 Å². The van der Waals surface area contributed by atoms with E-state index in [2.05, 4.69) is 35.9 Å². The molecule has 0 spiro atoms. The summed E-state index contributed by atoms with van der Waals surface area (Å²) in [6, 6.07) is 13.6. The molecule has 3 aromatic rings. The molecule has 2 unspecified atom stereocenters. The average molecular weight is 543 g/mol. The Morgan fingerprint density at radius 2 is 2.00 bits per heavy atom. The van der Waals surface area contributed by atoms with Crippen LogP contribution in [0.25, 0.3) is 5.52 Å². The zero-order valence-corrected chi connectivity index (χ0v) is 23.1. The summed E-state index contributed by atoms with van der Waals surface area (Å²) in [5, 5.41) is 16.3. The molecule has 11 nitrogen and oxygen atoms in total. The Morgan fingerprint density at radius 1 is 1.24 bits per heavy atom. The van der Waals surface area contributed by atoms with Crippen LogP contribution >= 0.6 is 8.53 Å². The van der Waals surface area contributed by atoms with E-state index in [0.717, 1.165) is 11.2 Å². The topological polar surface area (TPSA) is 146 Å². The number of nitrogens with zero attached hydrogens (tertiary/aromatic N) is 4. The van der Waals surface area contributed by atoms with Crippen molar-refractivity contribution in [2.75, 3.05) is 32.1 Å². The van der Waals surface area contributed by atoms with Gasteiger partial charge in [0.2, 0.25) is 0 Å². The van der Waals surface area contributed by atoms with Crippen LogP contribution in [-0.2, 0) is 30.6 Å². The third-order valence-corrected chi connectivity index (χ3v) is 6.79. The lowest BCUT2D eigenvalue weighted by atomic mass is 9.87. The van der Waals surface area contributed by atoms with Gasteiger partial charge in [0.15, 0.2) is 5.82 Å². The summed E-state index contributed by atoms with van der Waals surface area (Å²) in [6.07, 6.45) is 2.17. The molecule has 2 aromatic heterocycles. The fraction of sp³-hybridized carbons (Fsp3) is 0.462. The number of hydrogen-bond donors (Lipinski definition) is 2. The van der Waals surface area contributed by atoms with Gasteiger partial charge in [-0.1, -0.05) is 32.9 Å². The highest BCUT2D eigenvalue weighted by atomic mass is 31.2. The largest absolute Gasteiger partial charge is 0.465 e. The number of nitrogen functional groups attached to an aromatic ring is 1. The van der Waals surface area contributed by atoms with E-state index in [0.29, 0.717) is 24.4 Å². The second-order valence-electron chi connectivity index (χ2n) is 9.46. The molecule has 0 saturated carbocycles. The standard InChI is InChI=1S/C26H35N6O5P/c1-5-34-24(33)16-31-38(37-21-10-6-19(7-11-21)26(2,3)4)36-17-22(35-15-14-27)12-8-20-9-13-23-25(28)29-18-30-32(20)23/h6-7,9-11,13,18,22,31H,5,8,12,15-17H2,1-4H3,(H2,28,29,30). The van der Waals surface area contributed by atoms with E-state index < -0.39 is 20.6 Å². The lowest BCUT2D eigenvalue weighted by molar-refractivity contribution is -0.141. The van der Waals surface area contributed by atoms with E-state index in [1.165, 1.54) is 11.9 Å². The molecule has 0 amide bonds. The van der Waals surface area contributed by atoms with Gasteiger partial charge in [-0.25, -0.2) is 14.6 Å². The summed E-state index contributed by atoms with van der Waals surface area (Å²) >= 11 is 0. The highest BCUT2D eigenvalue weighted by molar-refractivity contribution is 7.45. The van der Waals surface area contributed by atoms with Gasteiger partial charge < -0.3 is 24.3 Å². The summed E-state index contributed by atoms with van der Waals surface area (Å²) < 4.78 is 24.6. The molecule has 2 atom stereocenters.